The summed E-state index contributed by atoms with van der Waals surface area (Å²) in [5.74, 6) is 1.66. The van der Waals surface area contributed by atoms with Gasteiger partial charge in [0.1, 0.15) is 18.1 Å². The molecule has 0 atom stereocenters. The van der Waals surface area contributed by atoms with Crippen LogP contribution in [0.15, 0.2) is 35.7 Å². The average Bonchev–Trinajstić information content (AvgIpc) is 3.08. The van der Waals surface area contributed by atoms with Gasteiger partial charge in [0.25, 0.3) is 0 Å². The molecule has 5 nitrogen and oxygen atoms in total. The molecule has 1 amide bonds. The molecule has 0 unspecified atom stereocenters. The van der Waals surface area contributed by atoms with Crippen molar-refractivity contribution >= 4 is 17.2 Å². The third-order valence-electron chi connectivity index (χ3n) is 4.08. The van der Waals surface area contributed by atoms with Gasteiger partial charge in [-0.1, -0.05) is 0 Å². The van der Waals surface area contributed by atoms with Gasteiger partial charge in [0.2, 0.25) is 5.91 Å². The number of thiophene rings is 1. The number of carbonyl (C=O) groups is 1. The second kappa shape index (κ2) is 8.87. The van der Waals surface area contributed by atoms with Gasteiger partial charge in [-0.25, -0.2) is 0 Å². The minimum atomic E-state index is 0.0500. The Kier molecular flexibility index (Phi) is 6.30. The van der Waals surface area contributed by atoms with Crippen LogP contribution in [0.5, 0.6) is 11.5 Å². The van der Waals surface area contributed by atoms with Gasteiger partial charge in [0, 0.05) is 18.0 Å². The molecule has 0 saturated carbocycles. The normalized spacial score (nSPS) is 14.0. The van der Waals surface area contributed by atoms with Crippen LogP contribution in [-0.4, -0.2) is 43.7 Å². The molecule has 1 aliphatic rings. The lowest BCUT2D eigenvalue weighted by atomic mass is 10.1. The van der Waals surface area contributed by atoms with Crippen LogP contribution in [0, 0.1) is 0 Å². The molecule has 1 aromatic carbocycles. The summed E-state index contributed by atoms with van der Waals surface area (Å²) < 4.78 is 11.0. The fraction of sp³-hybridized carbons (Fsp3) is 0.421. The summed E-state index contributed by atoms with van der Waals surface area (Å²) in [6, 6.07) is 9.67. The number of amides is 1. The van der Waals surface area contributed by atoms with E-state index >= 15 is 0 Å². The number of hydrogen-bond donors (Lipinski definition) is 1. The Labute approximate surface area is 152 Å². The van der Waals surface area contributed by atoms with Gasteiger partial charge in [-0.2, -0.15) is 0 Å². The number of rotatable bonds is 8. The second-order valence-corrected chi connectivity index (χ2v) is 6.93. The fourth-order valence-corrected chi connectivity index (χ4v) is 3.75. The van der Waals surface area contributed by atoms with Crippen molar-refractivity contribution in [2.75, 3.05) is 32.8 Å². The van der Waals surface area contributed by atoms with Crippen molar-refractivity contribution in [2.24, 2.45) is 0 Å². The predicted molar refractivity (Wildman–Crippen MR) is 99.4 cm³/mol. The number of nitrogens with zero attached hydrogens (tertiary/aromatic N) is 1. The molecular formula is C19H24N2O3S. The first kappa shape index (κ1) is 17.8. The quantitative estimate of drug-likeness (QED) is 0.736. The molecule has 6 heteroatoms. The van der Waals surface area contributed by atoms with E-state index < -0.39 is 0 Å². The molecule has 1 N–H and O–H groups in total. The summed E-state index contributed by atoms with van der Waals surface area (Å²) in [5.41, 5.74) is 1.36. The molecule has 2 heterocycles. The van der Waals surface area contributed by atoms with Crippen molar-refractivity contribution in [3.8, 4) is 11.5 Å². The average molecular weight is 360 g/mol. The van der Waals surface area contributed by atoms with Crippen LogP contribution in [0.2, 0.25) is 0 Å². The van der Waals surface area contributed by atoms with Crippen molar-refractivity contribution < 1.29 is 14.3 Å². The van der Waals surface area contributed by atoms with Crippen molar-refractivity contribution in [3.05, 3.63) is 46.2 Å². The standard InChI is InChI=1S/C19H24N2O3S/c1-2-23-16-3-5-17(6-4-16)24-11-9-20-19(22)14-21-10-7-18-15(13-21)8-12-25-18/h3-6,8,12H,2,7,9-11,13-14H2,1H3,(H,20,22). The lowest BCUT2D eigenvalue weighted by Gasteiger charge is -2.26. The van der Waals surface area contributed by atoms with E-state index in [1.54, 1.807) is 0 Å². The third-order valence-corrected chi connectivity index (χ3v) is 5.10. The van der Waals surface area contributed by atoms with Crippen molar-refractivity contribution in [1.29, 1.82) is 0 Å². The molecule has 0 spiro atoms. The Morgan fingerprint density at radius 1 is 1.20 bits per heavy atom. The van der Waals surface area contributed by atoms with E-state index in [9.17, 15) is 4.79 Å². The minimum absolute atomic E-state index is 0.0500. The molecule has 25 heavy (non-hydrogen) atoms. The minimum Gasteiger partial charge on any atom is -0.494 e. The highest BCUT2D eigenvalue weighted by molar-refractivity contribution is 7.10. The zero-order valence-electron chi connectivity index (χ0n) is 14.5. The lowest BCUT2D eigenvalue weighted by molar-refractivity contribution is -0.122. The molecule has 3 rings (SSSR count). The second-order valence-electron chi connectivity index (χ2n) is 5.93. The van der Waals surface area contributed by atoms with Crippen LogP contribution in [0.1, 0.15) is 17.4 Å². The molecule has 0 radical (unpaired) electrons. The maximum atomic E-state index is 12.1. The first-order chi connectivity index (χ1) is 12.2. The van der Waals surface area contributed by atoms with Crippen LogP contribution in [0.3, 0.4) is 0 Å². The largest absolute Gasteiger partial charge is 0.494 e. The van der Waals surface area contributed by atoms with Gasteiger partial charge in [-0.15, -0.1) is 11.3 Å². The Hall–Kier alpha value is -2.05. The summed E-state index contributed by atoms with van der Waals surface area (Å²) in [5, 5.41) is 5.05. The zero-order valence-corrected chi connectivity index (χ0v) is 15.3. The number of nitrogens with one attached hydrogen (secondary N) is 1. The van der Waals surface area contributed by atoms with E-state index in [-0.39, 0.29) is 5.91 Å². The van der Waals surface area contributed by atoms with E-state index in [0.717, 1.165) is 31.0 Å². The summed E-state index contributed by atoms with van der Waals surface area (Å²) >= 11 is 1.81. The number of fused-ring (bicyclic) bond motifs is 1. The SMILES string of the molecule is CCOc1ccc(OCCNC(=O)CN2CCc3sccc3C2)cc1. The molecule has 0 saturated heterocycles. The molecule has 134 valence electrons. The van der Waals surface area contributed by atoms with E-state index in [4.69, 9.17) is 9.47 Å². The molecule has 0 fully saturated rings. The zero-order chi connectivity index (χ0) is 17.5. The van der Waals surface area contributed by atoms with Crippen LogP contribution in [0.25, 0.3) is 0 Å². The smallest absolute Gasteiger partial charge is 0.234 e. The van der Waals surface area contributed by atoms with Gasteiger partial charge >= 0.3 is 0 Å². The van der Waals surface area contributed by atoms with Gasteiger partial charge < -0.3 is 14.8 Å². The van der Waals surface area contributed by atoms with Crippen LogP contribution in [0.4, 0.5) is 0 Å². The maximum Gasteiger partial charge on any atom is 0.234 e. The monoisotopic (exact) mass is 360 g/mol. The molecule has 0 bridgehead atoms. The van der Waals surface area contributed by atoms with Gasteiger partial charge in [-0.3, -0.25) is 9.69 Å². The Balaban J connectivity index is 1.33. The molecule has 2 aromatic rings. The van der Waals surface area contributed by atoms with Crippen molar-refractivity contribution in [1.82, 2.24) is 10.2 Å². The highest BCUT2D eigenvalue weighted by atomic mass is 32.1. The maximum absolute atomic E-state index is 12.1. The Morgan fingerprint density at radius 3 is 2.72 bits per heavy atom. The van der Waals surface area contributed by atoms with Gasteiger partial charge in [-0.05, 0) is 54.6 Å². The van der Waals surface area contributed by atoms with Crippen molar-refractivity contribution in [3.63, 3.8) is 0 Å². The van der Waals surface area contributed by atoms with E-state index in [2.05, 4.69) is 21.7 Å². The van der Waals surface area contributed by atoms with Crippen LogP contribution in [-0.2, 0) is 17.8 Å². The molecule has 0 aliphatic carbocycles. The topological polar surface area (TPSA) is 50.8 Å². The molecule has 1 aliphatic heterocycles. The Bertz CT molecular complexity index is 684. The summed E-state index contributed by atoms with van der Waals surface area (Å²) in [7, 11) is 0. The molecule has 1 aromatic heterocycles. The number of carbonyl (C=O) groups excluding carboxylic acids is 1. The first-order valence-electron chi connectivity index (χ1n) is 8.64. The number of benzene rings is 1. The van der Waals surface area contributed by atoms with Crippen molar-refractivity contribution in [2.45, 2.75) is 19.9 Å². The molecular weight excluding hydrogens is 336 g/mol. The van der Waals surface area contributed by atoms with E-state index in [1.165, 1.54) is 10.4 Å². The van der Waals surface area contributed by atoms with E-state index in [1.807, 2.05) is 42.5 Å². The Morgan fingerprint density at radius 2 is 1.96 bits per heavy atom. The first-order valence-corrected chi connectivity index (χ1v) is 9.52. The van der Waals surface area contributed by atoms with Gasteiger partial charge in [0.15, 0.2) is 0 Å². The number of hydrogen-bond acceptors (Lipinski definition) is 5. The highest BCUT2D eigenvalue weighted by Crippen LogP contribution is 2.23. The summed E-state index contributed by atoms with van der Waals surface area (Å²) in [6.07, 6.45) is 1.04. The predicted octanol–water partition coefficient (Wildman–Crippen LogP) is 2.70. The fourth-order valence-electron chi connectivity index (χ4n) is 2.86. The summed E-state index contributed by atoms with van der Waals surface area (Å²) in [4.78, 5) is 15.7. The third kappa shape index (κ3) is 5.21. The highest BCUT2D eigenvalue weighted by Gasteiger charge is 2.18. The number of ether oxygens (including phenoxy) is 2. The van der Waals surface area contributed by atoms with Crippen LogP contribution >= 0.6 is 11.3 Å². The van der Waals surface area contributed by atoms with E-state index in [0.29, 0.717) is 26.3 Å². The summed E-state index contributed by atoms with van der Waals surface area (Å²) in [6.45, 7) is 5.82. The lowest BCUT2D eigenvalue weighted by Crippen LogP contribution is -2.40. The van der Waals surface area contributed by atoms with Gasteiger partial charge in [0.05, 0.1) is 19.7 Å². The van der Waals surface area contributed by atoms with Crippen LogP contribution < -0.4 is 14.8 Å².